The van der Waals surface area contributed by atoms with Crippen LogP contribution in [-0.4, -0.2) is 30.1 Å². The Labute approximate surface area is 177 Å². The van der Waals surface area contributed by atoms with E-state index in [0.29, 0.717) is 33.9 Å². The van der Waals surface area contributed by atoms with Crippen LogP contribution < -0.4 is 14.8 Å². The van der Waals surface area contributed by atoms with Gasteiger partial charge in [-0.05, 0) is 30.3 Å². The lowest BCUT2D eigenvalue weighted by molar-refractivity contribution is -0.115. The molecular weight excluding hydrogens is 402 g/mol. The molecule has 4 rings (SSSR count). The predicted molar refractivity (Wildman–Crippen MR) is 115 cm³/mol. The normalized spacial score (nSPS) is 10.6. The second kappa shape index (κ2) is 8.79. The van der Waals surface area contributed by atoms with E-state index < -0.39 is 0 Å². The smallest absolute Gasteiger partial charge is 0.232 e. The highest BCUT2D eigenvalue weighted by Gasteiger charge is 2.15. The Morgan fingerprint density at radius 1 is 1.10 bits per heavy atom. The molecule has 2 aromatic heterocycles. The SMILES string of the molecule is COc1ccc(OC)c(-c2csc(NC(=O)Cc3coc(-c4ccccc4)n3)n2)c1. The number of hydrogen-bond acceptors (Lipinski definition) is 7. The average molecular weight is 421 g/mol. The molecule has 0 fully saturated rings. The Balaban J connectivity index is 1.44. The molecule has 8 heteroatoms. The number of oxazole rings is 1. The van der Waals surface area contributed by atoms with Gasteiger partial charge < -0.3 is 19.2 Å². The highest BCUT2D eigenvalue weighted by atomic mass is 32.1. The Morgan fingerprint density at radius 3 is 2.70 bits per heavy atom. The van der Waals surface area contributed by atoms with Gasteiger partial charge in [0, 0.05) is 16.5 Å². The number of nitrogens with one attached hydrogen (secondary N) is 1. The zero-order valence-electron chi connectivity index (χ0n) is 16.4. The van der Waals surface area contributed by atoms with Crippen LogP contribution in [0.2, 0.25) is 0 Å². The first kappa shape index (κ1) is 19.7. The molecule has 0 aliphatic rings. The molecule has 0 aliphatic carbocycles. The van der Waals surface area contributed by atoms with E-state index in [-0.39, 0.29) is 12.3 Å². The number of benzene rings is 2. The summed E-state index contributed by atoms with van der Waals surface area (Å²) in [7, 11) is 3.20. The van der Waals surface area contributed by atoms with Gasteiger partial charge in [0.25, 0.3) is 0 Å². The first-order valence-electron chi connectivity index (χ1n) is 9.14. The molecule has 0 saturated heterocycles. The maximum atomic E-state index is 12.4. The molecule has 2 heterocycles. The van der Waals surface area contributed by atoms with Gasteiger partial charge in [-0.25, -0.2) is 9.97 Å². The summed E-state index contributed by atoms with van der Waals surface area (Å²) < 4.78 is 16.2. The van der Waals surface area contributed by atoms with Crippen molar-refractivity contribution in [3.63, 3.8) is 0 Å². The van der Waals surface area contributed by atoms with Crippen molar-refractivity contribution in [3.8, 4) is 34.2 Å². The Morgan fingerprint density at radius 2 is 1.93 bits per heavy atom. The molecule has 7 nitrogen and oxygen atoms in total. The number of ether oxygens (including phenoxy) is 2. The molecule has 2 aromatic carbocycles. The van der Waals surface area contributed by atoms with Gasteiger partial charge in [0.05, 0.1) is 32.0 Å². The quantitative estimate of drug-likeness (QED) is 0.467. The monoisotopic (exact) mass is 421 g/mol. The van der Waals surface area contributed by atoms with Crippen molar-refractivity contribution < 1.29 is 18.7 Å². The summed E-state index contributed by atoms with van der Waals surface area (Å²) in [5.74, 6) is 1.64. The van der Waals surface area contributed by atoms with Gasteiger partial charge in [-0.15, -0.1) is 11.3 Å². The molecule has 0 atom stereocenters. The second-order valence-corrected chi connectivity index (χ2v) is 7.20. The number of rotatable bonds is 7. The van der Waals surface area contributed by atoms with Crippen LogP contribution >= 0.6 is 11.3 Å². The first-order valence-corrected chi connectivity index (χ1v) is 10.0. The van der Waals surface area contributed by atoms with Crippen LogP contribution in [0, 0.1) is 0 Å². The maximum absolute atomic E-state index is 12.4. The van der Waals surface area contributed by atoms with Gasteiger partial charge in [-0.3, -0.25) is 4.79 Å². The van der Waals surface area contributed by atoms with Crippen molar-refractivity contribution in [1.82, 2.24) is 9.97 Å². The third-order valence-electron chi connectivity index (χ3n) is 4.35. The van der Waals surface area contributed by atoms with Crippen molar-refractivity contribution in [1.29, 1.82) is 0 Å². The van der Waals surface area contributed by atoms with Gasteiger partial charge in [-0.2, -0.15) is 0 Å². The van der Waals surface area contributed by atoms with Crippen molar-refractivity contribution in [2.45, 2.75) is 6.42 Å². The summed E-state index contributed by atoms with van der Waals surface area (Å²) in [5.41, 5.74) is 2.90. The van der Waals surface area contributed by atoms with E-state index in [1.807, 2.05) is 53.9 Å². The average Bonchev–Trinajstić information content (AvgIpc) is 3.43. The van der Waals surface area contributed by atoms with E-state index in [4.69, 9.17) is 13.9 Å². The molecule has 0 radical (unpaired) electrons. The minimum atomic E-state index is -0.221. The minimum absolute atomic E-state index is 0.0910. The van der Waals surface area contributed by atoms with E-state index >= 15 is 0 Å². The maximum Gasteiger partial charge on any atom is 0.232 e. The van der Waals surface area contributed by atoms with Crippen LogP contribution in [0.4, 0.5) is 5.13 Å². The van der Waals surface area contributed by atoms with Crippen molar-refractivity contribution in [3.05, 3.63) is 65.9 Å². The predicted octanol–water partition coefficient (Wildman–Crippen LogP) is 4.66. The van der Waals surface area contributed by atoms with Crippen LogP contribution in [0.1, 0.15) is 5.69 Å². The third-order valence-corrected chi connectivity index (χ3v) is 5.11. The number of hydrogen-bond donors (Lipinski definition) is 1. The van der Waals surface area contributed by atoms with Gasteiger partial charge in [0.15, 0.2) is 5.13 Å². The molecule has 0 aliphatic heterocycles. The van der Waals surface area contributed by atoms with Crippen molar-refractivity contribution >= 4 is 22.4 Å². The molecular formula is C22H19N3O4S. The number of thiazole rings is 1. The zero-order valence-corrected chi connectivity index (χ0v) is 17.2. The molecule has 4 aromatic rings. The highest BCUT2D eigenvalue weighted by Crippen LogP contribution is 2.35. The van der Waals surface area contributed by atoms with Crippen molar-refractivity contribution in [2.24, 2.45) is 0 Å². The molecule has 0 bridgehead atoms. The molecule has 152 valence electrons. The first-order chi connectivity index (χ1) is 14.7. The zero-order chi connectivity index (χ0) is 20.9. The Hall–Kier alpha value is -3.65. The number of carbonyl (C=O) groups excluding carboxylic acids is 1. The fourth-order valence-electron chi connectivity index (χ4n) is 2.90. The van der Waals surface area contributed by atoms with Gasteiger partial charge in [0.2, 0.25) is 11.8 Å². The number of carbonyl (C=O) groups is 1. The topological polar surface area (TPSA) is 86.5 Å². The van der Waals surface area contributed by atoms with E-state index in [0.717, 1.165) is 11.1 Å². The number of methoxy groups -OCH3 is 2. The summed E-state index contributed by atoms with van der Waals surface area (Å²) in [5, 5.41) is 5.16. The van der Waals surface area contributed by atoms with E-state index in [9.17, 15) is 4.79 Å². The van der Waals surface area contributed by atoms with Gasteiger partial charge in [0.1, 0.15) is 17.8 Å². The summed E-state index contributed by atoms with van der Waals surface area (Å²) >= 11 is 1.33. The van der Waals surface area contributed by atoms with Crippen LogP contribution in [-0.2, 0) is 11.2 Å². The van der Waals surface area contributed by atoms with Crippen molar-refractivity contribution in [2.75, 3.05) is 19.5 Å². The molecule has 0 spiro atoms. The molecule has 0 saturated carbocycles. The Kier molecular flexibility index (Phi) is 5.76. The lowest BCUT2D eigenvalue weighted by Crippen LogP contribution is -2.14. The largest absolute Gasteiger partial charge is 0.497 e. The highest BCUT2D eigenvalue weighted by molar-refractivity contribution is 7.14. The standard InChI is InChI=1S/C22H19N3O4S/c1-27-16-8-9-19(28-2)17(11-16)18-13-30-22(24-18)25-20(26)10-15-12-29-21(23-15)14-6-4-3-5-7-14/h3-9,11-13H,10H2,1-2H3,(H,24,25,26). The summed E-state index contributed by atoms with van der Waals surface area (Å²) in [4.78, 5) is 21.3. The summed E-state index contributed by atoms with van der Waals surface area (Å²) in [6, 6.07) is 15.0. The molecule has 30 heavy (non-hydrogen) atoms. The summed E-state index contributed by atoms with van der Waals surface area (Å²) in [6.45, 7) is 0. The lowest BCUT2D eigenvalue weighted by atomic mass is 10.1. The number of amides is 1. The van der Waals surface area contributed by atoms with E-state index in [2.05, 4.69) is 15.3 Å². The lowest BCUT2D eigenvalue weighted by Gasteiger charge is -2.08. The number of anilines is 1. The second-order valence-electron chi connectivity index (χ2n) is 6.34. The minimum Gasteiger partial charge on any atom is -0.497 e. The van der Waals surface area contributed by atoms with Crippen LogP contribution in [0.5, 0.6) is 11.5 Å². The fourth-order valence-corrected chi connectivity index (χ4v) is 3.63. The van der Waals surface area contributed by atoms with E-state index in [1.54, 1.807) is 14.2 Å². The third kappa shape index (κ3) is 4.33. The van der Waals surface area contributed by atoms with E-state index in [1.165, 1.54) is 17.6 Å². The summed E-state index contributed by atoms with van der Waals surface area (Å²) in [6.07, 6.45) is 1.59. The molecule has 1 N–H and O–H groups in total. The van der Waals surface area contributed by atoms with Crippen LogP contribution in [0.25, 0.3) is 22.7 Å². The molecule has 1 amide bonds. The fraction of sp³-hybridized carbons (Fsp3) is 0.136. The van der Waals surface area contributed by atoms with Gasteiger partial charge >= 0.3 is 0 Å². The van der Waals surface area contributed by atoms with Crippen LogP contribution in [0.3, 0.4) is 0 Å². The van der Waals surface area contributed by atoms with Crippen LogP contribution in [0.15, 0.2) is 64.6 Å². The molecule has 0 unspecified atom stereocenters. The van der Waals surface area contributed by atoms with Gasteiger partial charge in [-0.1, -0.05) is 18.2 Å². The number of nitrogens with zero attached hydrogens (tertiary/aromatic N) is 2. The Bertz CT molecular complexity index is 1150. The number of aromatic nitrogens is 2.